The summed E-state index contributed by atoms with van der Waals surface area (Å²) in [6, 6.07) is 3.45. The highest BCUT2D eigenvalue weighted by Crippen LogP contribution is 2.23. The molecule has 0 saturated heterocycles. The average Bonchev–Trinajstić information content (AvgIpc) is 3.25. The normalized spacial score (nSPS) is 11.4. The Balaban J connectivity index is 1.72. The highest BCUT2D eigenvalue weighted by Gasteiger charge is 2.19. The van der Waals surface area contributed by atoms with Crippen LogP contribution in [0.15, 0.2) is 33.3 Å². The Hall–Kier alpha value is -3.01. The van der Waals surface area contributed by atoms with Crippen molar-refractivity contribution in [2.24, 2.45) is 7.05 Å². The van der Waals surface area contributed by atoms with E-state index in [0.29, 0.717) is 27.3 Å². The molecule has 0 aliphatic rings. The van der Waals surface area contributed by atoms with Gasteiger partial charge in [-0.25, -0.2) is 0 Å². The van der Waals surface area contributed by atoms with E-state index in [1.165, 1.54) is 17.0 Å². The number of nitrogens with zero attached hydrogens (tertiary/aromatic N) is 5. The van der Waals surface area contributed by atoms with E-state index in [9.17, 15) is 14.9 Å². The molecule has 0 aliphatic carbocycles. The molecular weight excluding hydrogens is 418 g/mol. The predicted octanol–water partition coefficient (Wildman–Crippen LogP) is 3.44. The van der Waals surface area contributed by atoms with Crippen LogP contribution in [0.2, 0.25) is 0 Å². The topological polar surface area (TPSA) is 109 Å². The Labute approximate surface area is 162 Å². The van der Waals surface area contributed by atoms with Crippen LogP contribution in [0.4, 0.5) is 5.82 Å². The second-order valence-electron chi connectivity index (χ2n) is 5.93. The van der Waals surface area contributed by atoms with Crippen molar-refractivity contribution in [1.82, 2.24) is 19.6 Å². The lowest BCUT2D eigenvalue weighted by molar-refractivity contribution is -0.390. The fourth-order valence-corrected chi connectivity index (χ4v) is 3.15. The van der Waals surface area contributed by atoms with Crippen molar-refractivity contribution < 1.29 is 14.1 Å². The number of furan rings is 1. The van der Waals surface area contributed by atoms with Crippen molar-refractivity contribution in [3.05, 3.63) is 67.5 Å². The fraction of sp³-hybridized carbons (Fsp3) is 0.235. The van der Waals surface area contributed by atoms with E-state index in [0.717, 1.165) is 5.69 Å². The molecule has 0 atom stereocenters. The molecule has 3 heterocycles. The third kappa shape index (κ3) is 3.90. The van der Waals surface area contributed by atoms with Crippen molar-refractivity contribution in [3.8, 4) is 0 Å². The number of hydrogen-bond acceptors (Lipinski definition) is 6. The first kappa shape index (κ1) is 18.8. The van der Waals surface area contributed by atoms with Gasteiger partial charge in [-0.05, 0) is 59.0 Å². The van der Waals surface area contributed by atoms with Gasteiger partial charge in [0.25, 0.3) is 0 Å². The Morgan fingerprint density at radius 1 is 1.37 bits per heavy atom. The number of hydrogen-bond donors (Lipinski definition) is 0. The Bertz CT molecular complexity index is 1060. The van der Waals surface area contributed by atoms with Crippen LogP contribution in [0.5, 0.6) is 0 Å². The van der Waals surface area contributed by atoms with Gasteiger partial charge in [0.1, 0.15) is 22.5 Å². The zero-order valence-corrected chi connectivity index (χ0v) is 16.4. The van der Waals surface area contributed by atoms with Gasteiger partial charge in [-0.3, -0.25) is 9.48 Å². The summed E-state index contributed by atoms with van der Waals surface area (Å²) < 4.78 is 9.02. The minimum absolute atomic E-state index is 0.150. The van der Waals surface area contributed by atoms with Crippen molar-refractivity contribution >= 4 is 33.6 Å². The lowest BCUT2D eigenvalue weighted by Gasteiger charge is -1.96. The number of aromatic nitrogens is 4. The van der Waals surface area contributed by atoms with Crippen LogP contribution < -0.4 is 0 Å². The lowest BCUT2D eigenvalue weighted by Crippen LogP contribution is -2.00. The summed E-state index contributed by atoms with van der Waals surface area (Å²) in [5, 5.41) is 19.0. The third-order valence-corrected chi connectivity index (χ3v) is 4.59. The Kier molecular flexibility index (Phi) is 5.08. The van der Waals surface area contributed by atoms with E-state index in [1.54, 1.807) is 36.9 Å². The summed E-state index contributed by atoms with van der Waals surface area (Å²) in [7, 11) is 1.79. The molecule has 0 fully saturated rings. The first-order valence-electron chi connectivity index (χ1n) is 7.95. The predicted molar refractivity (Wildman–Crippen MR) is 100 cm³/mol. The third-order valence-electron chi connectivity index (χ3n) is 4.03. The number of nitro groups is 1. The van der Waals surface area contributed by atoms with Gasteiger partial charge in [0.05, 0.1) is 22.6 Å². The molecule has 9 nitrogen and oxygen atoms in total. The molecule has 140 valence electrons. The number of aryl methyl sites for hydroxylation is 2. The van der Waals surface area contributed by atoms with Gasteiger partial charge >= 0.3 is 5.82 Å². The number of carbonyl (C=O) groups excluding carboxylic acids is 1. The van der Waals surface area contributed by atoms with Crippen LogP contribution in [-0.4, -0.2) is 30.3 Å². The Morgan fingerprint density at radius 3 is 2.70 bits per heavy atom. The molecule has 3 aromatic heterocycles. The number of carbonyl (C=O) groups is 1. The minimum atomic E-state index is -0.565. The molecule has 3 aromatic rings. The van der Waals surface area contributed by atoms with Crippen LogP contribution in [0.1, 0.15) is 33.3 Å². The van der Waals surface area contributed by atoms with Crippen LogP contribution in [0.3, 0.4) is 0 Å². The quantitative estimate of drug-likeness (QED) is 0.255. The molecule has 0 amide bonds. The van der Waals surface area contributed by atoms with Crippen molar-refractivity contribution in [2.45, 2.75) is 20.4 Å². The van der Waals surface area contributed by atoms with Gasteiger partial charge in [0, 0.05) is 12.7 Å². The van der Waals surface area contributed by atoms with Crippen molar-refractivity contribution in [3.63, 3.8) is 0 Å². The lowest BCUT2D eigenvalue weighted by atomic mass is 10.1. The summed E-state index contributed by atoms with van der Waals surface area (Å²) in [4.78, 5) is 22.7. The molecule has 0 unspecified atom stereocenters. The van der Waals surface area contributed by atoms with E-state index >= 15 is 0 Å². The molecule has 0 saturated carbocycles. The maximum Gasteiger partial charge on any atom is 0.404 e. The standard InChI is InChI=1S/C17H16BrN5O4/c1-10-16(11(2)21(3)19-10)15(24)7-6-12-4-5-13(27-12)8-22-9-14(18)17(20-22)23(25)26/h4-7,9H,8H2,1-3H3/b7-6+. The van der Waals surface area contributed by atoms with Gasteiger partial charge < -0.3 is 14.5 Å². The molecule has 0 bridgehead atoms. The second-order valence-corrected chi connectivity index (χ2v) is 6.78. The number of allylic oxidation sites excluding steroid dienone is 1. The molecule has 10 heteroatoms. The van der Waals surface area contributed by atoms with Crippen LogP contribution in [0, 0.1) is 24.0 Å². The van der Waals surface area contributed by atoms with E-state index < -0.39 is 4.92 Å². The summed E-state index contributed by atoms with van der Waals surface area (Å²) in [5.74, 6) is 0.649. The molecular formula is C17H16BrN5O4. The first-order chi connectivity index (χ1) is 12.8. The minimum Gasteiger partial charge on any atom is -0.460 e. The van der Waals surface area contributed by atoms with Gasteiger partial charge in [-0.1, -0.05) is 0 Å². The number of halogens is 1. The zero-order chi connectivity index (χ0) is 19.7. The highest BCUT2D eigenvalue weighted by atomic mass is 79.9. The van der Waals surface area contributed by atoms with E-state index in [2.05, 4.69) is 26.1 Å². The van der Waals surface area contributed by atoms with Crippen LogP contribution in [-0.2, 0) is 13.6 Å². The highest BCUT2D eigenvalue weighted by molar-refractivity contribution is 9.10. The molecule has 27 heavy (non-hydrogen) atoms. The maximum absolute atomic E-state index is 12.4. The SMILES string of the molecule is Cc1nn(C)c(C)c1C(=O)/C=C/c1ccc(Cn2cc(Br)c([N+](=O)[O-])n2)o1. The van der Waals surface area contributed by atoms with Gasteiger partial charge in [0.15, 0.2) is 5.78 Å². The fourth-order valence-electron chi connectivity index (χ4n) is 2.69. The van der Waals surface area contributed by atoms with Gasteiger partial charge in [-0.2, -0.15) is 9.78 Å². The van der Waals surface area contributed by atoms with Crippen LogP contribution in [0.25, 0.3) is 6.08 Å². The first-order valence-corrected chi connectivity index (χ1v) is 8.74. The zero-order valence-electron chi connectivity index (χ0n) is 14.8. The summed E-state index contributed by atoms with van der Waals surface area (Å²) >= 11 is 3.10. The van der Waals surface area contributed by atoms with Gasteiger partial charge in [0.2, 0.25) is 0 Å². The van der Waals surface area contributed by atoms with Gasteiger partial charge in [-0.15, -0.1) is 0 Å². The monoisotopic (exact) mass is 433 g/mol. The number of ketones is 1. The molecule has 0 aromatic carbocycles. The Morgan fingerprint density at radius 2 is 2.11 bits per heavy atom. The summed E-state index contributed by atoms with van der Waals surface area (Å²) in [6.07, 6.45) is 4.53. The average molecular weight is 434 g/mol. The second kappa shape index (κ2) is 7.31. The van der Waals surface area contributed by atoms with Crippen molar-refractivity contribution in [2.75, 3.05) is 0 Å². The largest absolute Gasteiger partial charge is 0.460 e. The molecule has 0 aliphatic heterocycles. The van der Waals surface area contributed by atoms with E-state index in [1.807, 2.05) is 6.92 Å². The molecule has 0 N–H and O–H groups in total. The van der Waals surface area contributed by atoms with Crippen LogP contribution >= 0.6 is 15.9 Å². The molecule has 0 spiro atoms. The maximum atomic E-state index is 12.4. The molecule has 3 rings (SSSR count). The summed E-state index contributed by atoms with van der Waals surface area (Å²) in [6.45, 7) is 3.86. The number of rotatable bonds is 6. The summed E-state index contributed by atoms with van der Waals surface area (Å²) in [5.41, 5.74) is 2.05. The smallest absolute Gasteiger partial charge is 0.404 e. The van der Waals surface area contributed by atoms with E-state index in [4.69, 9.17) is 4.42 Å². The van der Waals surface area contributed by atoms with E-state index in [-0.39, 0.29) is 18.1 Å². The molecule has 0 radical (unpaired) electrons. The van der Waals surface area contributed by atoms with Crippen molar-refractivity contribution in [1.29, 1.82) is 0 Å².